The van der Waals surface area contributed by atoms with Crippen LogP contribution >= 0.6 is 27.5 Å². The highest BCUT2D eigenvalue weighted by Gasteiger charge is 2.10. The Hall–Kier alpha value is -0.310. The Bertz CT molecular complexity index is 363. The van der Waals surface area contributed by atoms with Gasteiger partial charge < -0.3 is 5.73 Å². The zero-order valence-electron chi connectivity index (χ0n) is 8.76. The van der Waals surface area contributed by atoms with Crippen molar-refractivity contribution in [3.05, 3.63) is 45.4 Å². The molecule has 0 saturated heterocycles. The van der Waals surface area contributed by atoms with E-state index in [0.29, 0.717) is 5.02 Å². The molecule has 0 aliphatic heterocycles. The maximum Gasteiger partial charge on any atom is 0.0417 e. The molecule has 1 atom stereocenters. The Morgan fingerprint density at radius 2 is 2.27 bits per heavy atom. The summed E-state index contributed by atoms with van der Waals surface area (Å²) in [7, 11) is 0. The fourth-order valence-electron chi connectivity index (χ4n) is 1.37. The molecule has 0 aromatic heterocycles. The molecule has 0 aliphatic rings. The highest BCUT2D eigenvalue weighted by Crippen LogP contribution is 2.28. The molecule has 0 radical (unpaired) electrons. The normalized spacial score (nSPS) is 12.5. The highest BCUT2D eigenvalue weighted by atomic mass is 79.9. The molecule has 0 amide bonds. The first-order chi connectivity index (χ1) is 7.04. The smallest absolute Gasteiger partial charge is 0.0417 e. The quantitative estimate of drug-likeness (QED) is 0.813. The summed E-state index contributed by atoms with van der Waals surface area (Å²) in [6.07, 6.45) is 1.79. The number of halogens is 2. The van der Waals surface area contributed by atoms with Crippen molar-refractivity contribution in [1.82, 2.24) is 0 Å². The molecule has 1 nitrogen and oxygen atoms in total. The molecule has 82 valence electrons. The standard InChI is InChI=1S/C12H15BrClN/c1-3-8(2)6-12(15)10-5-4-9(14)7-11(10)13/h4-5,7,12H,2-3,6,15H2,1H3. The topological polar surface area (TPSA) is 26.0 Å². The summed E-state index contributed by atoms with van der Waals surface area (Å²) < 4.78 is 0.964. The molecule has 0 spiro atoms. The number of nitrogens with two attached hydrogens (primary N) is 1. The lowest BCUT2D eigenvalue weighted by atomic mass is 9.99. The van der Waals surface area contributed by atoms with Crippen LogP contribution in [0.25, 0.3) is 0 Å². The Balaban J connectivity index is 2.82. The third-order valence-corrected chi connectivity index (χ3v) is 3.29. The summed E-state index contributed by atoms with van der Waals surface area (Å²) in [6, 6.07) is 5.67. The van der Waals surface area contributed by atoms with Crippen molar-refractivity contribution in [3.8, 4) is 0 Å². The van der Waals surface area contributed by atoms with E-state index in [1.807, 2.05) is 18.2 Å². The molecular formula is C12H15BrClN. The fraction of sp³-hybridized carbons (Fsp3) is 0.333. The highest BCUT2D eigenvalue weighted by molar-refractivity contribution is 9.10. The van der Waals surface area contributed by atoms with E-state index in [1.165, 1.54) is 5.57 Å². The van der Waals surface area contributed by atoms with Gasteiger partial charge in [-0.3, -0.25) is 0 Å². The third-order valence-electron chi connectivity index (χ3n) is 2.37. The van der Waals surface area contributed by atoms with Gasteiger partial charge in [0.2, 0.25) is 0 Å². The van der Waals surface area contributed by atoms with Gasteiger partial charge in [0.15, 0.2) is 0 Å². The van der Waals surface area contributed by atoms with Crippen molar-refractivity contribution in [2.24, 2.45) is 5.73 Å². The summed E-state index contributed by atoms with van der Waals surface area (Å²) in [5.41, 5.74) is 8.34. The van der Waals surface area contributed by atoms with Gasteiger partial charge in [0.25, 0.3) is 0 Å². The molecule has 0 saturated carbocycles. The lowest BCUT2D eigenvalue weighted by molar-refractivity contribution is 0.698. The number of benzene rings is 1. The van der Waals surface area contributed by atoms with E-state index in [1.54, 1.807) is 0 Å². The van der Waals surface area contributed by atoms with Gasteiger partial charge in [0.1, 0.15) is 0 Å². The molecule has 1 aromatic carbocycles. The second-order valence-corrected chi connectivity index (χ2v) is 4.87. The Morgan fingerprint density at radius 3 is 2.80 bits per heavy atom. The van der Waals surface area contributed by atoms with Gasteiger partial charge in [-0.05, 0) is 30.5 Å². The minimum atomic E-state index is -0.0101. The van der Waals surface area contributed by atoms with Gasteiger partial charge in [-0.25, -0.2) is 0 Å². The predicted molar refractivity (Wildman–Crippen MR) is 70.1 cm³/mol. The molecule has 1 aromatic rings. The largest absolute Gasteiger partial charge is 0.324 e. The van der Waals surface area contributed by atoms with Gasteiger partial charge in [-0.2, -0.15) is 0 Å². The zero-order chi connectivity index (χ0) is 11.4. The average molecular weight is 289 g/mol. The van der Waals surface area contributed by atoms with Crippen molar-refractivity contribution in [2.45, 2.75) is 25.8 Å². The lowest BCUT2D eigenvalue weighted by Gasteiger charge is -2.14. The second-order valence-electron chi connectivity index (χ2n) is 3.58. The Labute approximate surface area is 104 Å². The average Bonchev–Trinajstić information content (AvgIpc) is 2.17. The van der Waals surface area contributed by atoms with Crippen molar-refractivity contribution in [1.29, 1.82) is 0 Å². The number of hydrogen-bond donors (Lipinski definition) is 1. The van der Waals surface area contributed by atoms with E-state index in [4.69, 9.17) is 17.3 Å². The third kappa shape index (κ3) is 3.63. The minimum Gasteiger partial charge on any atom is -0.324 e. The number of hydrogen-bond acceptors (Lipinski definition) is 1. The molecule has 2 N–H and O–H groups in total. The van der Waals surface area contributed by atoms with Crippen LogP contribution in [-0.4, -0.2) is 0 Å². The Kier molecular flexibility index (Phi) is 4.84. The van der Waals surface area contributed by atoms with E-state index < -0.39 is 0 Å². The molecule has 0 fully saturated rings. The van der Waals surface area contributed by atoms with Crippen LogP contribution in [0.3, 0.4) is 0 Å². The zero-order valence-corrected chi connectivity index (χ0v) is 11.1. The minimum absolute atomic E-state index is 0.0101. The predicted octanol–water partition coefficient (Wildman–Crippen LogP) is 4.46. The summed E-state index contributed by atoms with van der Waals surface area (Å²) in [5.74, 6) is 0. The SMILES string of the molecule is C=C(CC)CC(N)c1ccc(Cl)cc1Br. The van der Waals surface area contributed by atoms with Crippen LogP contribution in [0.15, 0.2) is 34.8 Å². The van der Waals surface area contributed by atoms with Crippen molar-refractivity contribution >= 4 is 27.5 Å². The number of rotatable bonds is 4. The van der Waals surface area contributed by atoms with Crippen molar-refractivity contribution < 1.29 is 0 Å². The van der Waals surface area contributed by atoms with Crippen LogP contribution in [-0.2, 0) is 0 Å². The van der Waals surface area contributed by atoms with Crippen molar-refractivity contribution in [3.63, 3.8) is 0 Å². The van der Waals surface area contributed by atoms with Gasteiger partial charge in [0.05, 0.1) is 0 Å². The van der Waals surface area contributed by atoms with E-state index >= 15 is 0 Å². The first-order valence-electron chi connectivity index (χ1n) is 4.91. The van der Waals surface area contributed by atoms with E-state index in [-0.39, 0.29) is 6.04 Å². The summed E-state index contributed by atoms with van der Waals surface area (Å²) >= 11 is 9.33. The van der Waals surface area contributed by atoms with Gasteiger partial charge in [-0.1, -0.05) is 52.7 Å². The molecular weight excluding hydrogens is 273 g/mol. The summed E-state index contributed by atoms with van der Waals surface area (Å²) in [5, 5.41) is 0.715. The summed E-state index contributed by atoms with van der Waals surface area (Å²) in [6.45, 7) is 6.05. The van der Waals surface area contributed by atoms with E-state index in [2.05, 4.69) is 29.4 Å². The molecule has 1 unspecified atom stereocenters. The first-order valence-corrected chi connectivity index (χ1v) is 6.08. The molecule has 3 heteroatoms. The monoisotopic (exact) mass is 287 g/mol. The maximum absolute atomic E-state index is 6.09. The van der Waals surface area contributed by atoms with Crippen LogP contribution in [0.2, 0.25) is 5.02 Å². The van der Waals surface area contributed by atoms with Crippen LogP contribution < -0.4 is 5.73 Å². The van der Waals surface area contributed by atoms with Crippen LogP contribution in [0.5, 0.6) is 0 Å². The Morgan fingerprint density at radius 1 is 1.60 bits per heavy atom. The molecule has 15 heavy (non-hydrogen) atoms. The van der Waals surface area contributed by atoms with Crippen LogP contribution in [0.4, 0.5) is 0 Å². The van der Waals surface area contributed by atoms with E-state index in [9.17, 15) is 0 Å². The molecule has 1 rings (SSSR count). The van der Waals surface area contributed by atoms with Gasteiger partial charge in [0, 0.05) is 15.5 Å². The van der Waals surface area contributed by atoms with Crippen molar-refractivity contribution in [2.75, 3.05) is 0 Å². The summed E-state index contributed by atoms with van der Waals surface area (Å²) in [4.78, 5) is 0. The lowest BCUT2D eigenvalue weighted by Crippen LogP contribution is -2.11. The second kappa shape index (κ2) is 5.69. The van der Waals surface area contributed by atoms with Crippen LogP contribution in [0.1, 0.15) is 31.4 Å². The fourth-order valence-corrected chi connectivity index (χ4v) is 2.34. The van der Waals surface area contributed by atoms with E-state index in [0.717, 1.165) is 22.9 Å². The van der Waals surface area contributed by atoms with Gasteiger partial charge in [-0.15, -0.1) is 0 Å². The molecule has 0 aliphatic carbocycles. The molecule has 0 heterocycles. The van der Waals surface area contributed by atoms with Crippen LogP contribution in [0, 0.1) is 0 Å². The first kappa shape index (κ1) is 12.8. The maximum atomic E-state index is 6.09. The molecule has 0 bridgehead atoms. The van der Waals surface area contributed by atoms with Gasteiger partial charge >= 0.3 is 0 Å².